The van der Waals surface area contributed by atoms with Gasteiger partial charge in [-0.05, 0) is 30.3 Å². The highest BCUT2D eigenvalue weighted by Crippen LogP contribution is 2.22. The number of ether oxygens (including phenoxy) is 1. The Morgan fingerprint density at radius 3 is 2.69 bits per heavy atom. The van der Waals surface area contributed by atoms with E-state index in [9.17, 15) is 9.59 Å². The Hall–Kier alpha value is -3.85. The quantitative estimate of drug-likeness (QED) is 0.385. The lowest BCUT2D eigenvalue weighted by atomic mass is 10.2. The van der Waals surface area contributed by atoms with Gasteiger partial charge in [-0.1, -0.05) is 35.4 Å². The number of para-hydroxylation sites is 1. The molecule has 0 fully saturated rings. The van der Waals surface area contributed by atoms with Crippen molar-refractivity contribution in [2.24, 2.45) is 0 Å². The van der Waals surface area contributed by atoms with Crippen molar-refractivity contribution in [1.29, 1.82) is 0 Å². The number of amides is 1. The summed E-state index contributed by atoms with van der Waals surface area (Å²) in [5.74, 6) is -0.971. The summed E-state index contributed by atoms with van der Waals surface area (Å²) in [6.07, 6.45) is 2.78. The maximum atomic E-state index is 11.9. The fourth-order valence-electron chi connectivity index (χ4n) is 2.41. The molecule has 2 aromatic carbocycles. The number of hydrogen-bond acceptors (Lipinski definition) is 8. The number of nitrogens with zero attached hydrogens (tertiary/aromatic N) is 3. The molecule has 8 nitrogen and oxygen atoms in total. The van der Waals surface area contributed by atoms with Crippen LogP contribution in [0, 0.1) is 0 Å². The minimum absolute atomic E-state index is 0.0741. The Kier molecular flexibility index (Phi) is 5.39. The Labute approximate surface area is 168 Å². The summed E-state index contributed by atoms with van der Waals surface area (Å²) in [4.78, 5) is 28.1. The van der Waals surface area contributed by atoms with E-state index in [0.717, 1.165) is 15.8 Å². The van der Waals surface area contributed by atoms with Crippen LogP contribution in [0.1, 0.15) is 5.01 Å². The number of benzene rings is 2. The average molecular weight is 406 g/mol. The summed E-state index contributed by atoms with van der Waals surface area (Å²) in [7, 11) is 0. The zero-order valence-electron chi connectivity index (χ0n) is 14.9. The van der Waals surface area contributed by atoms with Gasteiger partial charge in [0.2, 0.25) is 5.89 Å². The minimum atomic E-state index is -0.657. The van der Waals surface area contributed by atoms with Crippen LogP contribution in [0.2, 0.25) is 0 Å². The molecule has 0 aliphatic rings. The molecule has 9 heteroatoms. The largest absolute Gasteiger partial charge is 0.452 e. The van der Waals surface area contributed by atoms with Crippen molar-refractivity contribution >= 4 is 45.5 Å². The molecule has 144 valence electrons. The highest BCUT2D eigenvalue weighted by Gasteiger charge is 2.12. The Morgan fingerprint density at radius 2 is 1.86 bits per heavy atom. The van der Waals surface area contributed by atoms with E-state index in [1.807, 2.05) is 42.5 Å². The molecule has 0 atom stereocenters. The molecule has 0 saturated carbocycles. The molecule has 0 aliphatic heterocycles. The van der Waals surface area contributed by atoms with Crippen LogP contribution in [0.4, 0.5) is 6.01 Å². The predicted octanol–water partition coefficient (Wildman–Crippen LogP) is 3.54. The molecule has 29 heavy (non-hydrogen) atoms. The molecular formula is C20H14N4O4S. The van der Waals surface area contributed by atoms with Crippen molar-refractivity contribution in [1.82, 2.24) is 15.2 Å². The average Bonchev–Trinajstić information content (AvgIpc) is 3.38. The van der Waals surface area contributed by atoms with E-state index in [0.29, 0.717) is 5.01 Å². The molecule has 0 aliphatic carbocycles. The first-order valence-corrected chi connectivity index (χ1v) is 9.38. The van der Waals surface area contributed by atoms with E-state index < -0.39 is 18.5 Å². The molecule has 0 spiro atoms. The Bertz CT molecular complexity index is 1150. The number of carbonyl (C=O) groups excluding carboxylic acids is 2. The number of nitrogens with one attached hydrogen (secondary N) is 1. The molecule has 1 N–H and O–H groups in total. The van der Waals surface area contributed by atoms with E-state index in [1.165, 1.54) is 17.4 Å². The Balaban J connectivity index is 1.28. The lowest BCUT2D eigenvalue weighted by Crippen LogP contribution is -2.20. The highest BCUT2D eigenvalue weighted by atomic mass is 32.1. The SMILES string of the molecule is O=C(COC(=O)/C=C/c1nc2ccccc2s1)Nc1nnc(-c2ccccc2)o1. The lowest BCUT2D eigenvalue weighted by molar-refractivity contribution is -0.142. The van der Waals surface area contributed by atoms with Crippen LogP contribution in [-0.2, 0) is 14.3 Å². The summed E-state index contributed by atoms with van der Waals surface area (Å²) >= 11 is 1.45. The first-order valence-electron chi connectivity index (χ1n) is 8.56. The zero-order chi connectivity index (χ0) is 20.1. The van der Waals surface area contributed by atoms with Gasteiger partial charge in [0.1, 0.15) is 5.01 Å². The molecule has 0 unspecified atom stereocenters. The van der Waals surface area contributed by atoms with E-state index in [2.05, 4.69) is 20.5 Å². The zero-order valence-corrected chi connectivity index (χ0v) is 15.8. The van der Waals surface area contributed by atoms with Crippen LogP contribution in [0.25, 0.3) is 27.7 Å². The van der Waals surface area contributed by atoms with E-state index >= 15 is 0 Å². The van der Waals surface area contributed by atoms with Crippen LogP contribution in [0.5, 0.6) is 0 Å². The number of anilines is 1. The van der Waals surface area contributed by atoms with Crippen molar-refractivity contribution in [2.75, 3.05) is 11.9 Å². The Morgan fingerprint density at radius 1 is 1.07 bits per heavy atom. The van der Waals surface area contributed by atoms with Crippen LogP contribution in [0.3, 0.4) is 0 Å². The number of fused-ring (bicyclic) bond motifs is 1. The normalized spacial score (nSPS) is 11.0. The maximum absolute atomic E-state index is 11.9. The second-order valence-electron chi connectivity index (χ2n) is 5.79. The first kappa shape index (κ1) is 18.5. The second-order valence-corrected chi connectivity index (χ2v) is 6.85. The van der Waals surface area contributed by atoms with Crippen LogP contribution >= 0.6 is 11.3 Å². The highest BCUT2D eigenvalue weighted by molar-refractivity contribution is 7.19. The van der Waals surface area contributed by atoms with Crippen molar-refractivity contribution in [3.63, 3.8) is 0 Å². The third kappa shape index (κ3) is 4.71. The van der Waals surface area contributed by atoms with Gasteiger partial charge in [-0.2, -0.15) is 0 Å². The fraction of sp³-hybridized carbons (Fsp3) is 0.0500. The van der Waals surface area contributed by atoms with Gasteiger partial charge in [0.25, 0.3) is 5.91 Å². The maximum Gasteiger partial charge on any atom is 0.331 e. The topological polar surface area (TPSA) is 107 Å². The van der Waals surface area contributed by atoms with Gasteiger partial charge in [0.05, 0.1) is 10.2 Å². The second kappa shape index (κ2) is 8.44. The molecule has 0 bridgehead atoms. The minimum Gasteiger partial charge on any atom is -0.452 e. The molecule has 0 radical (unpaired) electrons. The van der Waals surface area contributed by atoms with Crippen molar-refractivity contribution in [2.45, 2.75) is 0 Å². The van der Waals surface area contributed by atoms with Gasteiger partial charge >= 0.3 is 12.0 Å². The van der Waals surface area contributed by atoms with Gasteiger partial charge in [-0.3, -0.25) is 10.1 Å². The smallest absolute Gasteiger partial charge is 0.331 e. The van der Waals surface area contributed by atoms with Crippen molar-refractivity contribution in [3.8, 4) is 11.5 Å². The molecule has 2 heterocycles. The number of carbonyl (C=O) groups is 2. The number of aromatic nitrogens is 3. The van der Waals surface area contributed by atoms with Gasteiger partial charge < -0.3 is 9.15 Å². The van der Waals surface area contributed by atoms with Crippen molar-refractivity contribution in [3.05, 3.63) is 65.7 Å². The van der Waals surface area contributed by atoms with E-state index in [-0.39, 0.29) is 11.9 Å². The van der Waals surface area contributed by atoms with E-state index in [1.54, 1.807) is 18.2 Å². The summed E-state index contributed by atoms with van der Waals surface area (Å²) in [6, 6.07) is 16.7. The standard InChI is InChI=1S/C20H14N4O4S/c25-16(22-20-24-23-19(28-20)13-6-2-1-3-7-13)12-27-18(26)11-10-17-21-14-8-4-5-9-15(14)29-17/h1-11H,12H2,(H,22,24,25)/b11-10+. The van der Waals surface area contributed by atoms with Crippen LogP contribution < -0.4 is 5.32 Å². The summed E-state index contributed by atoms with van der Waals surface area (Å²) in [5, 5.41) is 10.7. The number of hydrogen-bond donors (Lipinski definition) is 1. The monoisotopic (exact) mass is 406 g/mol. The molecular weight excluding hydrogens is 392 g/mol. The molecule has 4 aromatic rings. The van der Waals surface area contributed by atoms with Gasteiger partial charge in [-0.15, -0.1) is 16.4 Å². The number of rotatable bonds is 6. The number of esters is 1. The molecule has 2 aromatic heterocycles. The predicted molar refractivity (Wildman–Crippen MR) is 108 cm³/mol. The van der Waals surface area contributed by atoms with Crippen molar-refractivity contribution < 1.29 is 18.7 Å². The molecule has 4 rings (SSSR count). The lowest BCUT2D eigenvalue weighted by Gasteiger charge is -2.01. The fourth-order valence-corrected chi connectivity index (χ4v) is 3.28. The summed E-state index contributed by atoms with van der Waals surface area (Å²) in [6.45, 7) is -0.480. The third-order valence-corrected chi connectivity index (χ3v) is 4.71. The van der Waals surface area contributed by atoms with E-state index in [4.69, 9.17) is 9.15 Å². The van der Waals surface area contributed by atoms with Gasteiger partial charge in [0, 0.05) is 11.6 Å². The third-order valence-electron chi connectivity index (χ3n) is 3.71. The summed E-state index contributed by atoms with van der Waals surface area (Å²) in [5.41, 5.74) is 1.59. The van der Waals surface area contributed by atoms with Gasteiger partial charge in [-0.25, -0.2) is 9.78 Å². The number of thiazole rings is 1. The summed E-state index contributed by atoms with van der Waals surface area (Å²) < 4.78 is 11.3. The van der Waals surface area contributed by atoms with Crippen LogP contribution in [-0.4, -0.2) is 33.7 Å². The molecule has 0 saturated heterocycles. The van der Waals surface area contributed by atoms with Crippen LogP contribution in [0.15, 0.2) is 65.1 Å². The first-order chi connectivity index (χ1) is 14.2. The van der Waals surface area contributed by atoms with Gasteiger partial charge in [0.15, 0.2) is 6.61 Å². The molecule has 1 amide bonds.